The second-order valence-electron chi connectivity index (χ2n) is 3.28. The summed E-state index contributed by atoms with van der Waals surface area (Å²) in [7, 11) is 0. The van der Waals surface area contributed by atoms with Gasteiger partial charge in [-0.1, -0.05) is 25.8 Å². The van der Waals surface area contributed by atoms with Crippen molar-refractivity contribution < 1.29 is 0 Å². The Labute approximate surface area is 84.5 Å². The molecule has 2 heteroatoms. The summed E-state index contributed by atoms with van der Waals surface area (Å²) >= 11 is 1.68. The standard InChI is InChI=1S/C11H17NS/c1-3-5-7-10(6-4-2)11-8-13-9-12-11/h4,8-10H,2-3,5-7H2,1H3. The molecular weight excluding hydrogens is 178 g/mol. The second kappa shape index (κ2) is 5.92. The quantitative estimate of drug-likeness (QED) is 0.625. The fourth-order valence-corrected chi connectivity index (χ4v) is 2.10. The third-order valence-electron chi connectivity index (χ3n) is 2.23. The van der Waals surface area contributed by atoms with Crippen molar-refractivity contribution in [3.05, 3.63) is 29.2 Å². The molecule has 1 heterocycles. The van der Waals surface area contributed by atoms with Crippen molar-refractivity contribution in [2.24, 2.45) is 0 Å². The van der Waals surface area contributed by atoms with Crippen molar-refractivity contribution in [1.82, 2.24) is 4.98 Å². The highest BCUT2D eigenvalue weighted by atomic mass is 32.1. The summed E-state index contributed by atoms with van der Waals surface area (Å²) in [6, 6.07) is 0. The Morgan fingerprint density at radius 1 is 1.69 bits per heavy atom. The van der Waals surface area contributed by atoms with Crippen LogP contribution in [0.1, 0.15) is 44.2 Å². The summed E-state index contributed by atoms with van der Waals surface area (Å²) in [6.45, 7) is 6.02. The maximum absolute atomic E-state index is 4.36. The topological polar surface area (TPSA) is 12.9 Å². The van der Waals surface area contributed by atoms with E-state index in [-0.39, 0.29) is 0 Å². The van der Waals surface area contributed by atoms with E-state index in [4.69, 9.17) is 0 Å². The first-order valence-corrected chi connectivity index (χ1v) is 5.81. The normalized spacial score (nSPS) is 12.7. The van der Waals surface area contributed by atoms with E-state index in [1.54, 1.807) is 11.3 Å². The van der Waals surface area contributed by atoms with Gasteiger partial charge in [0.15, 0.2) is 0 Å². The summed E-state index contributed by atoms with van der Waals surface area (Å²) in [5.74, 6) is 0.601. The van der Waals surface area contributed by atoms with Gasteiger partial charge in [-0.15, -0.1) is 17.9 Å². The number of hydrogen-bond acceptors (Lipinski definition) is 2. The molecular formula is C11H17NS. The minimum Gasteiger partial charge on any atom is -0.249 e. The van der Waals surface area contributed by atoms with Gasteiger partial charge in [0.05, 0.1) is 11.2 Å². The predicted octanol–water partition coefficient (Wildman–Crippen LogP) is 3.99. The van der Waals surface area contributed by atoms with Gasteiger partial charge in [-0.25, -0.2) is 4.98 Å². The molecule has 0 aliphatic rings. The number of aromatic nitrogens is 1. The third-order valence-corrected chi connectivity index (χ3v) is 2.83. The molecule has 13 heavy (non-hydrogen) atoms. The van der Waals surface area contributed by atoms with E-state index >= 15 is 0 Å². The van der Waals surface area contributed by atoms with Crippen molar-refractivity contribution in [2.75, 3.05) is 0 Å². The van der Waals surface area contributed by atoms with Crippen LogP contribution in [0.5, 0.6) is 0 Å². The minimum absolute atomic E-state index is 0.601. The van der Waals surface area contributed by atoms with E-state index in [1.165, 1.54) is 25.0 Å². The molecule has 0 saturated heterocycles. The Kier molecular flexibility index (Phi) is 4.76. The Bertz CT molecular complexity index is 228. The maximum Gasteiger partial charge on any atom is 0.0794 e. The van der Waals surface area contributed by atoms with Gasteiger partial charge in [0.25, 0.3) is 0 Å². The van der Waals surface area contributed by atoms with Gasteiger partial charge in [0.2, 0.25) is 0 Å². The Balaban J connectivity index is 2.51. The zero-order valence-electron chi connectivity index (χ0n) is 8.20. The Morgan fingerprint density at radius 2 is 2.54 bits per heavy atom. The largest absolute Gasteiger partial charge is 0.249 e. The lowest BCUT2D eigenvalue weighted by molar-refractivity contribution is 0.580. The monoisotopic (exact) mass is 195 g/mol. The number of nitrogens with zero attached hydrogens (tertiary/aromatic N) is 1. The summed E-state index contributed by atoms with van der Waals surface area (Å²) in [5.41, 5.74) is 3.16. The number of unbranched alkanes of at least 4 members (excludes halogenated alkanes) is 1. The van der Waals surface area contributed by atoms with E-state index in [0.717, 1.165) is 6.42 Å². The van der Waals surface area contributed by atoms with Gasteiger partial charge in [-0.3, -0.25) is 0 Å². The first-order valence-electron chi connectivity index (χ1n) is 4.87. The molecule has 0 spiro atoms. The van der Waals surface area contributed by atoms with Crippen molar-refractivity contribution in [3.8, 4) is 0 Å². The molecule has 0 aliphatic heterocycles. The number of thiazole rings is 1. The van der Waals surface area contributed by atoms with Crippen LogP contribution >= 0.6 is 11.3 Å². The van der Waals surface area contributed by atoms with E-state index in [0.29, 0.717) is 5.92 Å². The Morgan fingerprint density at radius 3 is 3.08 bits per heavy atom. The molecule has 1 rings (SSSR count). The Hall–Kier alpha value is -0.630. The van der Waals surface area contributed by atoms with Gasteiger partial charge in [-0.2, -0.15) is 0 Å². The molecule has 1 unspecified atom stereocenters. The fourth-order valence-electron chi connectivity index (χ4n) is 1.46. The van der Waals surface area contributed by atoms with Gasteiger partial charge in [0, 0.05) is 11.3 Å². The van der Waals surface area contributed by atoms with Crippen LogP contribution in [0, 0.1) is 0 Å². The van der Waals surface area contributed by atoms with Crippen LogP contribution in [0.25, 0.3) is 0 Å². The SMILES string of the molecule is C=CCC(CCCC)c1cscn1. The van der Waals surface area contributed by atoms with E-state index in [9.17, 15) is 0 Å². The molecule has 1 atom stereocenters. The van der Waals surface area contributed by atoms with Crippen molar-refractivity contribution in [3.63, 3.8) is 0 Å². The lowest BCUT2D eigenvalue weighted by Gasteiger charge is -2.11. The van der Waals surface area contributed by atoms with Crippen LogP contribution < -0.4 is 0 Å². The predicted molar refractivity (Wildman–Crippen MR) is 59.2 cm³/mol. The molecule has 1 aromatic heterocycles. The minimum atomic E-state index is 0.601. The second-order valence-corrected chi connectivity index (χ2v) is 4.00. The smallest absolute Gasteiger partial charge is 0.0794 e. The summed E-state index contributed by atoms with van der Waals surface area (Å²) < 4.78 is 0. The average Bonchev–Trinajstić information content (AvgIpc) is 2.65. The highest BCUT2D eigenvalue weighted by Gasteiger charge is 2.10. The first-order chi connectivity index (χ1) is 6.38. The van der Waals surface area contributed by atoms with Gasteiger partial charge in [-0.05, 0) is 12.8 Å². The molecule has 1 nitrogen and oxygen atoms in total. The zero-order chi connectivity index (χ0) is 9.52. The van der Waals surface area contributed by atoms with Crippen LogP contribution in [-0.4, -0.2) is 4.98 Å². The molecule has 1 aromatic rings. The number of hydrogen-bond donors (Lipinski definition) is 0. The van der Waals surface area contributed by atoms with Crippen LogP contribution in [-0.2, 0) is 0 Å². The number of rotatable bonds is 6. The molecule has 0 aromatic carbocycles. The van der Waals surface area contributed by atoms with Crippen molar-refractivity contribution in [1.29, 1.82) is 0 Å². The molecule has 0 bridgehead atoms. The maximum atomic E-state index is 4.36. The van der Waals surface area contributed by atoms with Gasteiger partial charge >= 0.3 is 0 Å². The summed E-state index contributed by atoms with van der Waals surface area (Å²) in [4.78, 5) is 4.36. The van der Waals surface area contributed by atoms with Crippen LogP contribution in [0.3, 0.4) is 0 Å². The van der Waals surface area contributed by atoms with Crippen LogP contribution in [0.2, 0.25) is 0 Å². The highest BCUT2D eigenvalue weighted by molar-refractivity contribution is 7.07. The summed E-state index contributed by atoms with van der Waals surface area (Å²) in [6.07, 6.45) is 6.85. The molecule has 0 aliphatic carbocycles. The zero-order valence-corrected chi connectivity index (χ0v) is 9.02. The number of allylic oxidation sites excluding steroid dienone is 1. The lowest BCUT2D eigenvalue weighted by Crippen LogP contribution is -1.97. The third kappa shape index (κ3) is 3.31. The van der Waals surface area contributed by atoms with Gasteiger partial charge in [0.1, 0.15) is 0 Å². The molecule has 0 radical (unpaired) electrons. The average molecular weight is 195 g/mol. The van der Waals surface area contributed by atoms with E-state index in [2.05, 4.69) is 23.9 Å². The van der Waals surface area contributed by atoms with E-state index in [1.807, 2.05) is 11.6 Å². The molecule has 0 amide bonds. The molecule has 0 fully saturated rings. The molecule has 0 saturated carbocycles. The lowest BCUT2D eigenvalue weighted by atomic mass is 9.96. The van der Waals surface area contributed by atoms with Crippen LogP contribution in [0.15, 0.2) is 23.5 Å². The molecule has 72 valence electrons. The van der Waals surface area contributed by atoms with Crippen LogP contribution in [0.4, 0.5) is 0 Å². The highest BCUT2D eigenvalue weighted by Crippen LogP contribution is 2.25. The summed E-state index contributed by atoms with van der Waals surface area (Å²) in [5, 5.41) is 2.16. The molecule has 0 N–H and O–H groups in total. The van der Waals surface area contributed by atoms with Gasteiger partial charge < -0.3 is 0 Å². The van der Waals surface area contributed by atoms with E-state index < -0.39 is 0 Å². The van der Waals surface area contributed by atoms with Crippen molar-refractivity contribution >= 4 is 11.3 Å². The van der Waals surface area contributed by atoms with Crippen molar-refractivity contribution in [2.45, 2.75) is 38.5 Å². The first kappa shape index (κ1) is 10.5. The fraction of sp³-hybridized carbons (Fsp3) is 0.545.